The van der Waals surface area contributed by atoms with E-state index in [1.807, 2.05) is 38.1 Å². The van der Waals surface area contributed by atoms with Crippen molar-refractivity contribution in [2.75, 3.05) is 26.2 Å². The largest absolute Gasteiger partial charge is 0.492 e. The Bertz CT molecular complexity index is 827. The highest BCUT2D eigenvalue weighted by atomic mass is 16.5. The Morgan fingerprint density at radius 2 is 1.79 bits per heavy atom. The van der Waals surface area contributed by atoms with Gasteiger partial charge in [0.1, 0.15) is 12.4 Å². The SMILES string of the molecule is CCc1cc(OCCN2CCCC2)ccc1C=CC(=O)c1cc(C)cc(C)c1. The predicted molar refractivity (Wildman–Crippen MR) is 116 cm³/mol. The monoisotopic (exact) mass is 377 g/mol. The standard InChI is InChI=1S/C25H31NO2/c1-4-21-18-24(28-14-13-26-11-5-6-12-26)9-7-22(21)8-10-25(27)23-16-19(2)15-20(3)17-23/h7-10,15-18H,4-6,11-14H2,1-3H3. The second-order valence-corrected chi connectivity index (χ2v) is 7.69. The summed E-state index contributed by atoms with van der Waals surface area (Å²) in [6, 6.07) is 12.1. The van der Waals surface area contributed by atoms with Gasteiger partial charge in [-0.3, -0.25) is 9.69 Å². The normalized spacial score (nSPS) is 14.7. The molecule has 0 radical (unpaired) electrons. The number of hydrogen-bond acceptors (Lipinski definition) is 3. The molecule has 3 heteroatoms. The lowest BCUT2D eigenvalue weighted by atomic mass is 10.0. The van der Waals surface area contributed by atoms with Crippen molar-refractivity contribution in [1.82, 2.24) is 4.90 Å². The molecule has 28 heavy (non-hydrogen) atoms. The Morgan fingerprint density at radius 1 is 1.07 bits per heavy atom. The van der Waals surface area contributed by atoms with Gasteiger partial charge in [0.05, 0.1) is 0 Å². The molecule has 3 nitrogen and oxygen atoms in total. The first-order chi connectivity index (χ1) is 13.5. The molecule has 0 saturated carbocycles. The molecule has 2 aromatic carbocycles. The number of benzene rings is 2. The molecule has 2 aromatic rings. The molecule has 0 N–H and O–H groups in total. The van der Waals surface area contributed by atoms with Crippen LogP contribution in [0.4, 0.5) is 0 Å². The first-order valence-electron chi connectivity index (χ1n) is 10.3. The van der Waals surface area contributed by atoms with E-state index in [9.17, 15) is 4.79 Å². The number of likely N-dealkylation sites (tertiary alicyclic amines) is 1. The van der Waals surface area contributed by atoms with Crippen LogP contribution in [0.5, 0.6) is 5.75 Å². The van der Waals surface area contributed by atoms with Crippen LogP contribution in [0.25, 0.3) is 6.08 Å². The molecule has 1 saturated heterocycles. The summed E-state index contributed by atoms with van der Waals surface area (Å²) in [6.07, 6.45) is 7.12. The molecule has 1 aliphatic rings. The molecule has 0 bridgehead atoms. The summed E-state index contributed by atoms with van der Waals surface area (Å²) in [4.78, 5) is 15.0. The topological polar surface area (TPSA) is 29.5 Å². The summed E-state index contributed by atoms with van der Waals surface area (Å²) in [6.45, 7) is 10.3. The average Bonchev–Trinajstić information content (AvgIpc) is 3.19. The summed E-state index contributed by atoms with van der Waals surface area (Å²) in [5.41, 5.74) is 5.24. The number of carbonyl (C=O) groups is 1. The fourth-order valence-corrected chi connectivity index (χ4v) is 3.82. The van der Waals surface area contributed by atoms with E-state index in [2.05, 4.69) is 30.0 Å². The summed E-state index contributed by atoms with van der Waals surface area (Å²) in [5, 5.41) is 0. The second kappa shape index (κ2) is 9.70. The van der Waals surface area contributed by atoms with Gasteiger partial charge in [-0.25, -0.2) is 0 Å². The highest BCUT2D eigenvalue weighted by Gasteiger charge is 2.11. The van der Waals surface area contributed by atoms with E-state index in [1.54, 1.807) is 6.08 Å². The molecule has 0 aliphatic carbocycles. The number of rotatable bonds is 8. The number of nitrogens with zero attached hydrogens (tertiary/aromatic N) is 1. The second-order valence-electron chi connectivity index (χ2n) is 7.69. The molecule has 0 spiro atoms. The molecule has 0 unspecified atom stereocenters. The zero-order chi connectivity index (χ0) is 19.9. The third-order valence-electron chi connectivity index (χ3n) is 5.29. The number of hydrogen-bond donors (Lipinski definition) is 0. The van der Waals surface area contributed by atoms with E-state index in [0.29, 0.717) is 0 Å². The molecule has 0 atom stereocenters. The van der Waals surface area contributed by atoms with E-state index in [4.69, 9.17) is 4.74 Å². The van der Waals surface area contributed by atoms with Crippen molar-refractivity contribution in [2.45, 2.75) is 40.0 Å². The Balaban J connectivity index is 1.64. The van der Waals surface area contributed by atoms with Gasteiger partial charge in [-0.05, 0) is 87.7 Å². The van der Waals surface area contributed by atoms with Crippen LogP contribution >= 0.6 is 0 Å². The lowest BCUT2D eigenvalue weighted by molar-refractivity contribution is 0.104. The summed E-state index contributed by atoms with van der Waals surface area (Å²) in [7, 11) is 0. The van der Waals surface area contributed by atoms with Crippen molar-refractivity contribution in [3.05, 3.63) is 70.3 Å². The zero-order valence-electron chi connectivity index (χ0n) is 17.3. The molecule has 1 fully saturated rings. The zero-order valence-corrected chi connectivity index (χ0v) is 17.3. The van der Waals surface area contributed by atoms with Crippen molar-refractivity contribution in [2.24, 2.45) is 0 Å². The van der Waals surface area contributed by atoms with Crippen molar-refractivity contribution < 1.29 is 9.53 Å². The molecule has 148 valence electrons. The van der Waals surface area contributed by atoms with E-state index in [-0.39, 0.29) is 5.78 Å². The maximum absolute atomic E-state index is 12.5. The minimum atomic E-state index is 0.0415. The Morgan fingerprint density at radius 3 is 2.46 bits per heavy atom. The van der Waals surface area contributed by atoms with Crippen molar-refractivity contribution in [3.8, 4) is 5.75 Å². The van der Waals surface area contributed by atoms with Gasteiger partial charge in [0.15, 0.2) is 5.78 Å². The lowest BCUT2D eigenvalue weighted by Crippen LogP contribution is -2.25. The number of ether oxygens (including phenoxy) is 1. The molecular weight excluding hydrogens is 346 g/mol. The van der Waals surface area contributed by atoms with Gasteiger partial charge < -0.3 is 4.74 Å². The number of allylic oxidation sites excluding steroid dienone is 1. The van der Waals surface area contributed by atoms with Gasteiger partial charge in [0.2, 0.25) is 0 Å². The quantitative estimate of drug-likeness (QED) is 0.466. The van der Waals surface area contributed by atoms with Gasteiger partial charge in [-0.15, -0.1) is 0 Å². The minimum Gasteiger partial charge on any atom is -0.492 e. The Kier molecular flexibility index (Phi) is 7.05. The number of ketones is 1. The average molecular weight is 378 g/mol. The number of aryl methyl sites for hydroxylation is 3. The maximum atomic E-state index is 12.5. The first-order valence-corrected chi connectivity index (χ1v) is 10.3. The molecular formula is C25H31NO2. The highest BCUT2D eigenvalue weighted by Crippen LogP contribution is 2.21. The molecule has 1 aliphatic heterocycles. The van der Waals surface area contributed by atoms with Crippen LogP contribution in [0.2, 0.25) is 0 Å². The third kappa shape index (κ3) is 5.56. The smallest absolute Gasteiger partial charge is 0.185 e. The molecule has 0 amide bonds. The predicted octanol–water partition coefficient (Wildman–Crippen LogP) is 5.24. The van der Waals surface area contributed by atoms with Gasteiger partial charge in [0.25, 0.3) is 0 Å². The van der Waals surface area contributed by atoms with E-state index in [1.165, 1.54) is 31.5 Å². The van der Waals surface area contributed by atoms with Crippen LogP contribution in [-0.2, 0) is 6.42 Å². The Labute approximate surface area is 169 Å². The van der Waals surface area contributed by atoms with Gasteiger partial charge in [0, 0.05) is 12.1 Å². The van der Waals surface area contributed by atoms with Crippen molar-refractivity contribution in [3.63, 3.8) is 0 Å². The molecule has 3 rings (SSSR count). The van der Waals surface area contributed by atoms with Crippen LogP contribution in [0, 0.1) is 13.8 Å². The van der Waals surface area contributed by atoms with Gasteiger partial charge >= 0.3 is 0 Å². The van der Waals surface area contributed by atoms with Crippen molar-refractivity contribution >= 4 is 11.9 Å². The highest BCUT2D eigenvalue weighted by molar-refractivity contribution is 6.07. The lowest BCUT2D eigenvalue weighted by Gasteiger charge is -2.15. The van der Waals surface area contributed by atoms with Crippen LogP contribution in [0.3, 0.4) is 0 Å². The fourth-order valence-electron chi connectivity index (χ4n) is 3.82. The fraction of sp³-hybridized carbons (Fsp3) is 0.400. The van der Waals surface area contributed by atoms with Crippen LogP contribution in [0.1, 0.15) is 52.4 Å². The van der Waals surface area contributed by atoms with Crippen LogP contribution < -0.4 is 4.74 Å². The summed E-state index contributed by atoms with van der Waals surface area (Å²) < 4.78 is 5.95. The first kappa shape index (κ1) is 20.3. The van der Waals surface area contributed by atoms with Crippen LogP contribution in [-0.4, -0.2) is 36.9 Å². The Hall–Kier alpha value is -2.39. The summed E-state index contributed by atoms with van der Waals surface area (Å²) in [5.74, 6) is 0.952. The van der Waals surface area contributed by atoms with Crippen molar-refractivity contribution in [1.29, 1.82) is 0 Å². The van der Waals surface area contributed by atoms with E-state index < -0.39 is 0 Å². The minimum absolute atomic E-state index is 0.0415. The summed E-state index contributed by atoms with van der Waals surface area (Å²) >= 11 is 0. The molecule has 1 heterocycles. The van der Waals surface area contributed by atoms with Crippen LogP contribution in [0.15, 0.2) is 42.5 Å². The third-order valence-corrected chi connectivity index (χ3v) is 5.29. The maximum Gasteiger partial charge on any atom is 0.185 e. The van der Waals surface area contributed by atoms with E-state index >= 15 is 0 Å². The van der Waals surface area contributed by atoms with Gasteiger partial charge in [-0.1, -0.05) is 36.3 Å². The van der Waals surface area contributed by atoms with E-state index in [0.717, 1.165) is 47.6 Å². The molecule has 0 aromatic heterocycles. The number of carbonyl (C=O) groups excluding carboxylic acids is 1. The van der Waals surface area contributed by atoms with Gasteiger partial charge in [-0.2, -0.15) is 0 Å².